The van der Waals surface area contributed by atoms with Crippen molar-refractivity contribution in [2.45, 2.75) is 26.3 Å². The van der Waals surface area contributed by atoms with E-state index in [2.05, 4.69) is 0 Å². The van der Waals surface area contributed by atoms with E-state index in [1.807, 2.05) is 0 Å². The number of amides is 1. The van der Waals surface area contributed by atoms with E-state index in [0.29, 0.717) is 0 Å². The van der Waals surface area contributed by atoms with Crippen LogP contribution in [-0.2, 0) is 0 Å². The predicted octanol–water partition coefficient (Wildman–Crippen LogP) is 1.98. The summed E-state index contributed by atoms with van der Waals surface area (Å²) in [4.78, 5) is 13.4. The van der Waals surface area contributed by atoms with Crippen LogP contribution in [0, 0.1) is 12.7 Å². The monoisotopic (exact) mass is 239 g/mol. The normalized spacial score (nSPS) is 11.4. The summed E-state index contributed by atoms with van der Waals surface area (Å²) in [6.07, 6.45) is 0. The topological polar surface area (TPSA) is 40.5 Å². The van der Waals surface area contributed by atoms with Gasteiger partial charge in [0, 0.05) is 7.05 Å². The first-order valence-corrected chi connectivity index (χ1v) is 5.45. The minimum absolute atomic E-state index is 0.0274. The molecule has 0 fully saturated rings. The highest BCUT2D eigenvalue weighted by Crippen LogP contribution is 2.18. The summed E-state index contributed by atoms with van der Waals surface area (Å²) < 4.78 is 13.6. The second kappa shape index (κ2) is 4.84. The lowest BCUT2D eigenvalue weighted by Crippen LogP contribution is -2.47. The van der Waals surface area contributed by atoms with Crippen molar-refractivity contribution in [2.24, 2.45) is 0 Å². The Labute approximate surface area is 101 Å². The van der Waals surface area contributed by atoms with E-state index in [4.69, 9.17) is 0 Å². The van der Waals surface area contributed by atoms with E-state index >= 15 is 0 Å². The van der Waals surface area contributed by atoms with Crippen LogP contribution in [-0.4, -0.2) is 35.1 Å². The lowest BCUT2D eigenvalue weighted by atomic mass is 10.0. The van der Waals surface area contributed by atoms with Crippen LogP contribution in [0.25, 0.3) is 0 Å². The Morgan fingerprint density at radius 2 is 2.06 bits per heavy atom. The molecule has 0 aromatic heterocycles. The molecule has 0 saturated carbocycles. The number of nitrogens with zero attached hydrogens (tertiary/aromatic N) is 1. The van der Waals surface area contributed by atoms with Crippen LogP contribution in [0.2, 0.25) is 0 Å². The molecule has 1 aromatic carbocycles. The highest BCUT2D eigenvalue weighted by molar-refractivity contribution is 5.94. The fourth-order valence-electron chi connectivity index (χ4n) is 1.36. The molecule has 0 spiro atoms. The summed E-state index contributed by atoms with van der Waals surface area (Å²) in [7, 11) is 1.55. The summed E-state index contributed by atoms with van der Waals surface area (Å²) in [5, 5.41) is 9.19. The van der Waals surface area contributed by atoms with Crippen molar-refractivity contribution in [3.8, 4) is 0 Å². The number of aliphatic hydroxyl groups excluding tert-OH is 1. The smallest absolute Gasteiger partial charge is 0.257 e. The fraction of sp³-hybridized carbons (Fsp3) is 0.462. The van der Waals surface area contributed by atoms with E-state index in [9.17, 15) is 14.3 Å². The van der Waals surface area contributed by atoms with Gasteiger partial charge in [-0.15, -0.1) is 0 Å². The molecule has 1 rings (SSSR count). The first-order chi connectivity index (χ1) is 7.79. The lowest BCUT2D eigenvalue weighted by molar-refractivity contribution is 0.0469. The van der Waals surface area contributed by atoms with Crippen molar-refractivity contribution in [1.29, 1.82) is 0 Å². The van der Waals surface area contributed by atoms with Crippen LogP contribution in [0.3, 0.4) is 0 Å². The summed E-state index contributed by atoms with van der Waals surface area (Å²) >= 11 is 0. The minimum atomic E-state index is -0.714. The predicted molar refractivity (Wildman–Crippen MR) is 64.4 cm³/mol. The van der Waals surface area contributed by atoms with Gasteiger partial charge in [-0.25, -0.2) is 4.39 Å². The van der Waals surface area contributed by atoms with Crippen molar-refractivity contribution in [1.82, 2.24) is 4.90 Å². The van der Waals surface area contributed by atoms with Crippen molar-refractivity contribution in [3.05, 3.63) is 35.1 Å². The van der Waals surface area contributed by atoms with E-state index < -0.39 is 17.3 Å². The Bertz CT molecular complexity index is 429. The standard InChI is InChI=1S/C13H18FNO2/c1-9-5-6-10(11(14)7-9)12(17)15(4)13(2,3)8-16/h5-7,16H,8H2,1-4H3. The van der Waals surface area contributed by atoms with Gasteiger partial charge in [-0.05, 0) is 38.5 Å². The molecule has 4 heteroatoms. The zero-order valence-electron chi connectivity index (χ0n) is 10.6. The van der Waals surface area contributed by atoms with Gasteiger partial charge < -0.3 is 10.0 Å². The van der Waals surface area contributed by atoms with Gasteiger partial charge in [0.25, 0.3) is 5.91 Å². The minimum Gasteiger partial charge on any atom is -0.394 e. The van der Waals surface area contributed by atoms with Gasteiger partial charge in [0.05, 0.1) is 17.7 Å². The molecule has 0 aliphatic carbocycles. The third-order valence-corrected chi connectivity index (χ3v) is 2.95. The average Bonchev–Trinajstić information content (AvgIpc) is 2.27. The maximum atomic E-state index is 13.6. The van der Waals surface area contributed by atoms with E-state index in [1.54, 1.807) is 33.9 Å². The van der Waals surface area contributed by atoms with Crippen molar-refractivity contribution < 1.29 is 14.3 Å². The number of hydrogen-bond donors (Lipinski definition) is 1. The molecule has 0 aliphatic rings. The van der Waals surface area contributed by atoms with Crippen molar-refractivity contribution in [3.63, 3.8) is 0 Å². The maximum Gasteiger partial charge on any atom is 0.257 e. The van der Waals surface area contributed by atoms with Gasteiger partial charge in [0.15, 0.2) is 0 Å². The molecule has 3 nitrogen and oxygen atoms in total. The SMILES string of the molecule is Cc1ccc(C(=O)N(C)C(C)(C)CO)c(F)c1. The van der Waals surface area contributed by atoms with Gasteiger partial charge in [-0.3, -0.25) is 4.79 Å². The second-order valence-corrected chi connectivity index (χ2v) is 4.82. The molecule has 1 aromatic rings. The highest BCUT2D eigenvalue weighted by atomic mass is 19.1. The zero-order chi connectivity index (χ0) is 13.2. The average molecular weight is 239 g/mol. The zero-order valence-corrected chi connectivity index (χ0v) is 10.6. The molecule has 0 heterocycles. The van der Waals surface area contributed by atoms with E-state index in [-0.39, 0.29) is 12.2 Å². The molecule has 0 radical (unpaired) electrons. The Kier molecular flexibility index (Phi) is 3.88. The molecule has 94 valence electrons. The molecular weight excluding hydrogens is 221 g/mol. The Hall–Kier alpha value is -1.42. The number of carbonyl (C=O) groups is 1. The number of hydrogen-bond acceptors (Lipinski definition) is 2. The van der Waals surface area contributed by atoms with Gasteiger partial charge in [-0.2, -0.15) is 0 Å². The van der Waals surface area contributed by atoms with Crippen LogP contribution < -0.4 is 0 Å². The first kappa shape index (κ1) is 13.6. The van der Waals surface area contributed by atoms with Gasteiger partial charge >= 0.3 is 0 Å². The van der Waals surface area contributed by atoms with Crippen LogP contribution in [0.4, 0.5) is 4.39 Å². The largest absolute Gasteiger partial charge is 0.394 e. The third kappa shape index (κ3) is 2.82. The number of benzene rings is 1. The number of carbonyl (C=O) groups excluding carboxylic acids is 1. The molecular formula is C13H18FNO2. The third-order valence-electron chi connectivity index (χ3n) is 2.95. The number of aliphatic hydroxyl groups is 1. The fourth-order valence-corrected chi connectivity index (χ4v) is 1.36. The number of rotatable bonds is 3. The molecule has 0 bridgehead atoms. The van der Waals surface area contributed by atoms with Crippen LogP contribution in [0.5, 0.6) is 0 Å². The molecule has 17 heavy (non-hydrogen) atoms. The maximum absolute atomic E-state index is 13.6. The van der Waals surface area contributed by atoms with Gasteiger partial charge in [0.2, 0.25) is 0 Å². The number of likely N-dealkylation sites (N-methyl/N-ethyl adjacent to an activating group) is 1. The molecule has 1 N–H and O–H groups in total. The lowest BCUT2D eigenvalue weighted by Gasteiger charge is -2.34. The second-order valence-electron chi connectivity index (χ2n) is 4.82. The molecule has 0 aliphatic heterocycles. The number of halogens is 1. The quantitative estimate of drug-likeness (QED) is 0.876. The Morgan fingerprint density at radius 3 is 2.53 bits per heavy atom. The molecule has 0 atom stereocenters. The van der Waals surface area contributed by atoms with Crippen molar-refractivity contribution in [2.75, 3.05) is 13.7 Å². The van der Waals surface area contributed by atoms with Crippen LogP contribution in [0.15, 0.2) is 18.2 Å². The highest BCUT2D eigenvalue weighted by Gasteiger charge is 2.28. The summed E-state index contributed by atoms with van der Waals surface area (Å²) in [6.45, 7) is 5.02. The first-order valence-electron chi connectivity index (χ1n) is 5.45. The van der Waals surface area contributed by atoms with Crippen LogP contribution >= 0.6 is 0 Å². The molecule has 1 amide bonds. The van der Waals surface area contributed by atoms with E-state index in [0.717, 1.165) is 5.56 Å². The van der Waals surface area contributed by atoms with Gasteiger partial charge in [-0.1, -0.05) is 6.07 Å². The van der Waals surface area contributed by atoms with Gasteiger partial charge in [0.1, 0.15) is 5.82 Å². The molecule has 0 unspecified atom stereocenters. The molecule has 0 saturated heterocycles. The Morgan fingerprint density at radius 1 is 1.47 bits per heavy atom. The summed E-state index contributed by atoms with van der Waals surface area (Å²) in [6, 6.07) is 4.49. The van der Waals surface area contributed by atoms with Crippen molar-refractivity contribution >= 4 is 5.91 Å². The summed E-state index contributed by atoms with van der Waals surface area (Å²) in [5.41, 5.74) is 0.0803. The van der Waals surface area contributed by atoms with Crippen LogP contribution in [0.1, 0.15) is 29.8 Å². The van der Waals surface area contributed by atoms with E-state index in [1.165, 1.54) is 17.0 Å². The summed E-state index contributed by atoms with van der Waals surface area (Å²) in [5.74, 6) is -0.961. The Balaban J connectivity index is 3.05. The number of aryl methyl sites for hydroxylation is 1.